The van der Waals surface area contributed by atoms with Crippen LogP contribution in [0.1, 0.15) is 6.92 Å². The summed E-state index contributed by atoms with van der Waals surface area (Å²) in [6.45, 7) is 2.14. The first-order chi connectivity index (χ1) is 7.88. The Hall–Kier alpha value is -1.21. The van der Waals surface area contributed by atoms with E-state index in [2.05, 4.69) is 61.7 Å². The predicted molar refractivity (Wildman–Crippen MR) is 75.9 cm³/mol. The second-order valence-corrected chi connectivity index (χ2v) is 4.46. The molecule has 1 heteroatoms. The zero-order valence-electron chi connectivity index (χ0n) is 9.89. The van der Waals surface area contributed by atoms with Crippen molar-refractivity contribution in [2.24, 2.45) is 0 Å². The van der Waals surface area contributed by atoms with Crippen molar-refractivity contribution in [1.29, 1.82) is 0 Å². The zero-order chi connectivity index (χ0) is 11.6. The SMILES string of the molecule is CCSC.c1ccc(-c2ccccc2)cc1. The number of rotatable bonds is 2. The molecule has 0 heterocycles. The van der Waals surface area contributed by atoms with Crippen LogP contribution >= 0.6 is 11.8 Å². The quantitative estimate of drug-likeness (QED) is 0.719. The van der Waals surface area contributed by atoms with Gasteiger partial charge < -0.3 is 0 Å². The summed E-state index contributed by atoms with van der Waals surface area (Å²) in [6.07, 6.45) is 2.10. The summed E-state index contributed by atoms with van der Waals surface area (Å²) >= 11 is 1.86. The summed E-state index contributed by atoms with van der Waals surface area (Å²) < 4.78 is 0. The summed E-state index contributed by atoms with van der Waals surface area (Å²) in [5.74, 6) is 1.24. The maximum absolute atomic E-state index is 2.14. The molecule has 0 N–H and O–H groups in total. The first-order valence-electron chi connectivity index (χ1n) is 5.48. The van der Waals surface area contributed by atoms with Gasteiger partial charge in [-0.3, -0.25) is 0 Å². The van der Waals surface area contributed by atoms with E-state index in [1.54, 1.807) is 0 Å². The van der Waals surface area contributed by atoms with Crippen molar-refractivity contribution in [2.45, 2.75) is 6.92 Å². The molecule has 0 aliphatic heterocycles. The Labute approximate surface area is 103 Å². The second-order valence-electron chi connectivity index (χ2n) is 3.31. The van der Waals surface area contributed by atoms with Crippen LogP contribution in [0.15, 0.2) is 60.7 Å². The highest BCUT2D eigenvalue weighted by Gasteiger charge is 1.91. The molecular formula is C15H18S. The van der Waals surface area contributed by atoms with Gasteiger partial charge in [0.1, 0.15) is 0 Å². The Morgan fingerprint density at radius 3 is 1.31 bits per heavy atom. The van der Waals surface area contributed by atoms with Gasteiger partial charge in [0.15, 0.2) is 0 Å². The van der Waals surface area contributed by atoms with E-state index in [1.165, 1.54) is 16.9 Å². The van der Waals surface area contributed by atoms with E-state index < -0.39 is 0 Å². The van der Waals surface area contributed by atoms with E-state index in [0.29, 0.717) is 0 Å². The van der Waals surface area contributed by atoms with Crippen LogP contribution in [-0.4, -0.2) is 12.0 Å². The molecular weight excluding hydrogens is 212 g/mol. The van der Waals surface area contributed by atoms with E-state index in [1.807, 2.05) is 23.9 Å². The lowest BCUT2D eigenvalue weighted by Gasteiger charge is -1.98. The minimum atomic E-state index is 1.24. The van der Waals surface area contributed by atoms with E-state index in [9.17, 15) is 0 Å². The van der Waals surface area contributed by atoms with Gasteiger partial charge in [-0.15, -0.1) is 0 Å². The molecule has 16 heavy (non-hydrogen) atoms. The molecule has 0 nitrogen and oxygen atoms in total. The molecule has 0 radical (unpaired) electrons. The smallest absolute Gasteiger partial charge is 0.00988 e. The molecule has 0 unspecified atom stereocenters. The molecule has 0 aromatic heterocycles. The lowest BCUT2D eigenvalue weighted by molar-refractivity contribution is 1.53. The van der Waals surface area contributed by atoms with Crippen molar-refractivity contribution >= 4 is 11.8 Å². The number of hydrogen-bond acceptors (Lipinski definition) is 1. The van der Waals surface area contributed by atoms with Gasteiger partial charge in [0, 0.05) is 0 Å². The van der Waals surface area contributed by atoms with Gasteiger partial charge in [-0.1, -0.05) is 67.6 Å². The summed E-state index contributed by atoms with van der Waals surface area (Å²) in [5.41, 5.74) is 2.55. The third kappa shape index (κ3) is 4.54. The van der Waals surface area contributed by atoms with Crippen LogP contribution in [0.25, 0.3) is 11.1 Å². The topological polar surface area (TPSA) is 0 Å². The number of benzene rings is 2. The molecule has 0 spiro atoms. The normalized spacial score (nSPS) is 9.12. The minimum absolute atomic E-state index is 1.24. The van der Waals surface area contributed by atoms with Crippen LogP contribution in [0.3, 0.4) is 0 Å². The Morgan fingerprint density at radius 1 is 0.750 bits per heavy atom. The molecule has 2 rings (SSSR count). The largest absolute Gasteiger partial charge is 0.166 e. The summed E-state index contributed by atoms with van der Waals surface area (Å²) in [7, 11) is 0. The summed E-state index contributed by atoms with van der Waals surface area (Å²) in [6, 6.07) is 20.8. The minimum Gasteiger partial charge on any atom is -0.166 e. The number of thioether (sulfide) groups is 1. The first kappa shape index (κ1) is 12.9. The maximum Gasteiger partial charge on any atom is -0.00988 e. The van der Waals surface area contributed by atoms with E-state index in [0.717, 1.165) is 0 Å². The summed E-state index contributed by atoms with van der Waals surface area (Å²) in [5, 5.41) is 0. The second kappa shape index (κ2) is 8.00. The van der Waals surface area contributed by atoms with Gasteiger partial charge in [-0.2, -0.15) is 11.8 Å². The van der Waals surface area contributed by atoms with Crippen molar-refractivity contribution < 1.29 is 0 Å². The Balaban J connectivity index is 0.000000280. The molecule has 0 amide bonds. The fraction of sp³-hybridized carbons (Fsp3) is 0.200. The van der Waals surface area contributed by atoms with E-state index >= 15 is 0 Å². The third-order valence-corrected chi connectivity index (χ3v) is 2.75. The van der Waals surface area contributed by atoms with Crippen molar-refractivity contribution in [3.63, 3.8) is 0 Å². The Morgan fingerprint density at radius 2 is 1.06 bits per heavy atom. The highest BCUT2D eigenvalue weighted by atomic mass is 32.2. The van der Waals surface area contributed by atoms with Crippen molar-refractivity contribution in [2.75, 3.05) is 12.0 Å². The molecule has 0 aliphatic rings. The van der Waals surface area contributed by atoms with Crippen molar-refractivity contribution in [1.82, 2.24) is 0 Å². The van der Waals surface area contributed by atoms with Crippen LogP contribution in [0.2, 0.25) is 0 Å². The molecule has 0 atom stereocenters. The monoisotopic (exact) mass is 230 g/mol. The average molecular weight is 230 g/mol. The lowest BCUT2D eigenvalue weighted by Crippen LogP contribution is -1.73. The molecule has 84 valence electrons. The molecule has 0 aliphatic carbocycles. The van der Waals surface area contributed by atoms with Crippen LogP contribution in [0, 0.1) is 0 Å². The predicted octanol–water partition coefficient (Wildman–Crippen LogP) is 4.72. The van der Waals surface area contributed by atoms with E-state index in [4.69, 9.17) is 0 Å². The van der Waals surface area contributed by atoms with E-state index in [-0.39, 0.29) is 0 Å². The van der Waals surface area contributed by atoms with Gasteiger partial charge in [-0.05, 0) is 23.1 Å². The highest BCUT2D eigenvalue weighted by Crippen LogP contribution is 2.17. The lowest BCUT2D eigenvalue weighted by atomic mass is 10.1. The molecule has 2 aromatic carbocycles. The maximum atomic E-state index is 2.14. The molecule has 0 bridgehead atoms. The Bertz CT molecular complexity index is 328. The zero-order valence-corrected chi connectivity index (χ0v) is 10.7. The van der Waals surface area contributed by atoms with Crippen LogP contribution in [0.5, 0.6) is 0 Å². The average Bonchev–Trinajstić information content (AvgIpc) is 2.41. The van der Waals surface area contributed by atoms with Crippen LogP contribution in [0.4, 0.5) is 0 Å². The molecule has 0 fully saturated rings. The fourth-order valence-corrected chi connectivity index (χ4v) is 1.26. The molecule has 0 saturated heterocycles. The third-order valence-electron chi connectivity index (χ3n) is 2.17. The van der Waals surface area contributed by atoms with Crippen molar-refractivity contribution in [3.05, 3.63) is 60.7 Å². The Kier molecular flexibility index (Phi) is 6.43. The van der Waals surface area contributed by atoms with Gasteiger partial charge in [0.05, 0.1) is 0 Å². The standard InChI is InChI=1S/C12H10.C3H8S/c1-3-7-11(8-4-1)12-9-5-2-6-10-12;1-3-4-2/h1-10H;3H2,1-2H3. The molecule has 0 saturated carbocycles. The van der Waals surface area contributed by atoms with Gasteiger partial charge in [0.2, 0.25) is 0 Å². The highest BCUT2D eigenvalue weighted by molar-refractivity contribution is 7.98. The van der Waals surface area contributed by atoms with Gasteiger partial charge in [0.25, 0.3) is 0 Å². The van der Waals surface area contributed by atoms with Crippen LogP contribution < -0.4 is 0 Å². The van der Waals surface area contributed by atoms with Crippen LogP contribution in [-0.2, 0) is 0 Å². The molecule has 2 aromatic rings. The summed E-state index contributed by atoms with van der Waals surface area (Å²) in [4.78, 5) is 0. The first-order valence-corrected chi connectivity index (χ1v) is 6.87. The van der Waals surface area contributed by atoms with Crippen molar-refractivity contribution in [3.8, 4) is 11.1 Å². The van der Waals surface area contributed by atoms with Gasteiger partial charge in [-0.25, -0.2) is 0 Å². The van der Waals surface area contributed by atoms with Gasteiger partial charge >= 0.3 is 0 Å². The number of hydrogen-bond donors (Lipinski definition) is 0. The fourth-order valence-electron chi connectivity index (χ4n) is 1.26.